The smallest absolute Gasteiger partial charge is 0.416 e. The molecule has 0 unspecified atom stereocenters. The Kier molecular flexibility index (Phi) is 5.71. The second kappa shape index (κ2) is 7.75. The number of halogens is 3. The predicted molar refractivity (Wildman–Crippen MR) is 89.3 cm³/mol. The van der Waals surface area contributed by atoms with Crippen LogP contribution in [0.2, 0.25) is 0 Å². The Morgan fingerprint density at radius 3 is 2.40 bits per heavy atom. The molecule has 3 nitrogen and oxygen atoms in total. The highest BCUT2D eigenvalue weighted by Gasteiger charge is 2.33. The second-order valence-electron chi connectivity index (χ2n) is 5.27. The zero-order valence-corrected chi connectivity index (χ0v) is 13.5. The van der Waals surface area contributed by atoms with E-state index in [1.165, 1.54) is 30.1 Å². The van der Waals surface area contributed by atoms with Crippen molar-refractivity contribution in [2.45, 2.75) is 12.6 Å². The van der Waals surface area contributed by atoms with Gasteiger partial charge in [0.05, 0.1) is 12.0 Å². The lowest BCUT2D eigenvalue weighted by Gasteiger charge is -2.19. The molecule has 2 aromatic carbocycles. The molecular weight excluding hydrogens is 331 g/mol. The molecule has 0 saturated carbocycles. The van der Waals surface area contributed by atoms with Crippen molar-refractivity contribution < 1.29 is 22.7 Å². The monoisotopic (exact) mass is 347 g/mol. The number of likely N-dealkylation sites (N-methyl/N-ethyl adjacent to an activating group) is 1. The van der Waals surface area contributed by atoms with Gasteiger partial charge in [0.15, 0.2) is 0 Å². The van der Waals surface area contributed by atoms with Crippen molar-refractivity contribution in [1.29, 1.82) is 0 Å². The number of carbonyl (C=O) groups excluding carboxylic acids is 1. The minimum atomic E-state index is -4.49. The minimum Gasteiger partial charge on any atom is -0.481 e. The lowest BCUT2D eigenvalue weighted by molar-refractivity contribution is -0.138. The highest BCUT2D eigenvalue weighted by atomic mass is 19.4. The summed E-state index contributed by atoms with van der Waals surface area (Å²) in [7, 11) is 1.51. The summed E-state index contributed by atoms with van der Waals surface area (Å²) in [5, 5.41) is 0. The summed E-state index contributed by atoms with van der Waals surface area (Å²) in [5.41, 5.74) is -0.307. The van der Waals surface area contributed by atoms with E-state index in [2.05, 4.69) is 5.92 Å². The van der Waals surface area contributed by atoms with Crippen LogP contribution in [0.4, 0.5) is 18.9 Å². The van der Waals surface area contributed by atoms with Gasteiger partial charge < -0.3 is 9.64 Å². The first-order chi connectivity index (χ1) is 11.8. The van der Waals surface area contributed by atoms with Crippen LogP contribution in [0, 0.1) is 12.3 Å². The van der Waals surface area contributed by atoms with Crippen LogP contribution in [-0.4, -0.2) is 19.6 Å². The Labute approximate surface area is 144 Å². The van der Waals surface area contributed by atoms with Gasteiger partial charge >= 0.3 is 6.18 Å². The number of terminal acetylenes is 1. The molecule has 0 heterocycles. The fourth-order valence-electron chi connectivity index (χ4n) is 2.27. The van der Waals surface area contributed by atoms with Crippen LogP contribution in [0.15, 0.2) is 48.5 Å². The summed E-state index contributed by atoms with van der Waals surface area (Å²) in [6.45, 7) is 0.127. The summed E-state index contributed by atoms with van der Waals surface area (Å²) in [4.78, 5) is 13.7. The lowest BCUT2D eigenvalue weighted by atomic mass is 10.0. The number of anilines is 1. The highest BCUT2D eigenvalue weighted by molar-refractivity contribution is 5.94. The molecule has 0 aliphatic heterocycles. The SMILES string of the molecule is C#CCOc1ccc(N(C)C(=O)Cc2ccccc2C(F)(F)F)cc1. The number of hydrogen-bond donors (Lipinski definition) is 0. The molecule has 0 radical (unpaired) electrons. The van der Waals surface area contributed by atoms with Crippen LogP contribution < -0.4 is 9.64 Å². The average molecular weight is 347 g/mol. The fraction of sp³-hybridized carbons (Fsp3) is 0.211. The number of carbonyl (C=O) groups is 1. The third-order valence-electron chi connectivity index (χ3n) is 3.58. The Balaban J connectivity index is 2.12. The van der Waals surface area contributed by atoms with Crippen LogP contribution in [0.5, 0.6) is 5.75 Å². The molecule has 0 atom stereocenters. The Bertz CT molecular complexity index is 776. The van der Waals surface area contributed by atoms with Gasteiger partial charge in [0.1, 0.15) is 12.4 Å². The molecule has 130 valence electrons. The van der Waals surface area contributed by atoms with Crippen molar-refractivity contribution in [2.24, 2.45) is 0 Å². The van der Waals surface area contributed by atoms with E-state index in [9.17, 15) is 18.0 Å². The maximum atomic E-state index is 13.0. The maximum Gasteiger partial charge on any atom is 0.416 e. The predicted octanol–water partition coefficient (Wildman–Crippen LogP) is 3.92. The fourth-order valence-corrected chi connectivity index (χ4v) is 2.27. The molecule has 6 heteroatoms. The molecule has 0 aliphatic rings. The highest BCUT2D eigenvalue weighted by Crippen LogP contribution is 2.32. The molecule has 0 fully saturated rings. The van der Waals surface area contributed by atoms with Crippen molar-refractivity contribution in [3.05, 3.63) is 59.7 Å². The standard InChI is InChI=1S/C19H16F3NO2/c1-3-12-25-16-10-8-15(9-11-16)23(2)18(24)13-14-6-4-5-7-17(14)19(20,21)22/h1,4-11H,12-13H2,2H3. The Morgan fingerprint density at radius 1 is 1.16 bits per heavy atom. The zero-order valence-electron chi connectivity index (χ0n) is 13.5. The molecule has 0 spiro atoms. The number of rotatable bonds is 5. The van der Waals surface area contributed by atoms with Crippen molar-refractivity contribution in [2.75, 3.05) is 18.6 Å². The number of hydrogen-bond acceptors (Lipinski definition) is 2. The van der Waals surface area contributed by atoms with Gasteiger partial charge in [-0.2, -0.15) is 13.2 Å². The first-order valence-electron chi connectivity index (χ1n) is 7.41. The molecule has 0 aliphatic carbocycles. The molecule has 1 amide bonds. The summed E-state index contributed by atoms with van der Waals surface area (Å²) in [5.74, 6) is 2.43. The second-order valence-corrected chi connectivity index (χ2v) is 5.27. The molecule has 2 rings (SSSR count). The molecule has 0 N–H and O–H groups in total. The van der Waals surface area contributed by atoms with Gasteiger partial charge in [0.25, 0.3) is 0 Å². The Morgan fingerprint density at radius 2 is 1.80 bits per heavy atom. The summed E-state index contributed by atoms with van der Waals surface area (Å²) in [6.07, 6.45) is 0.262. The van der Waals surface area contributed by atoms with E-state index in [1.54, 1.807) is 24.3 Å². The zero-order chi connectivity index (χ0) is 18.4. The first kappa shape index (κ1) is 18.4. The molecular formula is C19H16F3NO2. The van der Waals surface area contributed by atoms with E-state index >= 15 is 0 Å². The summed E-state index contributed by atoms with van der Waals surface area (Å²) in [6, 6.07) is 11.6. The van der Waals surface area contributed by atoms with E-state index < -0.39 is 17.6 Å². The quantitative estimate of drug-likeness (QED) is 0.767. The number of amides is 1. The van der Waals surface area contributed by atoms with E-state index in [0.717, 1.165) is 6.07 Å². The van der Waals surface area contributed by atoms with Crippen molar-refractivity contribution >= 4 is 11.6 Å². The molecule has 0 saturated heterocycles. The number of alkyl halides is 3. The van der Waals surface area contributed by atoms with Gasteiger partial charge in [0.2, 0.25) is 5.91 Å². The van der Waals surface area contributed by atoms with E-state index in [0.29, 0.717) is 11.4 Å². The lowest BCUT2D eigenvalue weighted by Crippen LogP contribution is -2.28. The van der Waals surface area contributed by atoms with Gasteiger partial charge in [-0.25, -0.2) is 0 Å². The summed E-state index contributed by atoms with van der Waals surface area (Å²) < 4.78 is 44.3. The minimum absolute atomic E-state index is 0.0548. The molecule has 0 bridgehead atoms. The number of ether oxygens (including phenoxy) is 1. The molecule has 0 aromatic heterocycles. The van der Waals surface area contributed by atoms with Gasteiger partial charge in [-0.05, 0) is 35.9 Å². The number of nitrogens with zero attached hydrogens (tertiary/aromatic N) is 1. The van der Waals surface area contributed by atoms with Crippen LogP contribution in [0.25, 0.3) is 0 Å². The third-order valence-corrected chi connectivity index (χ3v) is 3.58. The van der Waals surface area contributed by atoms with Crippen LogP contribution >= 0.6 is 0 Å². The average Bonchev–Trinajstić information content (AvgIpc) is 2.59. The van der Waals surface area contributed by atoms with E-state index in [-0.39, 0.29) is 18.6 Å². The summed E-state index contributed by atoms with van der Waals surface area (Å²) >= 11 is 0. The van der Waals surface area contributed by atoms with Crippen molar-refractivity contribution in [3.63, 3.8) is 0 Å². The van der Waals surface area contributed by atoms with Gasteiger partial charge in [-0.1, -0.05) is 24.1 Å². The van der Waals surface area contributed by atoms with E-state index in [1.807, 2.05) is 0 Å². The van der Waals surface area contributed by atoms with Crippen LogP contribution in [-0.2, 0) is 17.4 Å². The van der Waals surface area contributed by atoms with Crippen molar-refractivity contribution in [1.82, 2.24) is 0 Å². The van der Waals surface area contributed by atoms with E-state index in [4.69, 9.17) is 11.2 Å². The van der Waals surface area contributed by atoms with Crippen LogP contribution in [0.1, 0.15) is 11.1 Å². The van der Waals surface area contributed by atoms with Gasteiger partial charge in [-0.15, -0.1) is 6.42 Å². The number of benzene rings is 2. The molecule has 2 aromatic rings. The van der Waals surface area contributed by atoms with Crippen LogP contribution in [0.3, 0.4) is 0 Å². The largest absolute Gasteiger partial charge is 0.481 e. The Hall–Kier alpha value is -2.94. The topological polar surface area (TPSA) is 29.5 Å². The first-order valence-corrected chi connectivity index (χ1v) is 7.41. The van der Waals surface area contributed by atoms with Gasteiger partial charge in [0, 0.05) is 12.7 Å². The van der Waals surface area contributed by atoms with Gasteiger partial charge in [-0.3, -0.25) is 4.79 Å². The third kappa shape index (κ3) is 4.77. The maximum absolute atomic E-state index is 13.0. The molecule has 25 heavy (non-hydrogen) atoms. The normalized spacial score (nSPS) is 10.8. The van der Waals surface area contributed by atoms with Crippen molar-refractivity contribution in [3.8, 4) is 18.1 Å².